The van der Waals surface area contributed by atoms with Gasteiger partial charge in [-0.2, -0.15) is 0 Å². The molecule has 2 rings (SSSR count). The predicted octanol–water partition coefficient (Wildman–Crippen LogP) is 5.11. The average Bonchev–Trinajstić information content (AvgIpc) is 3.07. The Kier molecular flexibility index (Phi) is 5.29. The minimum absolute atomic E-state index is 0.582. The van der Waals surface area contributed by atoms with Crippen molar-refractivity contribution in [3.8, 4) is 0 Å². The molecule has 18 heavy (non-hydrogen) atoms. The molecule has 4 atom stereocenters. The number of hydrogen-bond acceptors (Lipinski definition) is 1. The van der Waals surface area contributed by atoms with Crippen molar-refractivity contribution in [3.05, 3.63) is 11.6 Å². The molecule has 0 saturated carbocycles. The van der Waals surface area contributed by atoms with E-state index in [0.29, 0.717) is 12.2 Å². The minimum Gasteiger partial charge on any atom is -0.369 e. The normalized spacial score (nSPS) is 34.1. The van der Waals surface area contributed by atoms with E-state index in [2.05, 4.69) is 26.8 Å². The Hall–Kier alpha value is -0.300. The maximum Gasteiger partial charge on any atom is 0.0912 e. The van der Waals surface area contributed by atoms with Crippen LogP contribution < -0.4 is 0 Å². The molecule has 1 aliphatic carbocycles. The van der Waals surface area contributed by atoms with Gasteiger partial charge in [-0.1, -0.05) is 64.5 Å². The molecule has 0 N–H and O–H groups in total. The molecule has 0 aromatic heterocycles. The van der Waals surface area contributed by atoms with Crippen molar-refractivity contribution in [2.75, 3.05) is 0 Å². The second-order valence-corrected chi connectivity index (χ2v) is 6.22. The Bertz CT molecular complexity index is 281. The molecule has 104 valence electrons. The quantitative estimate of drug-likeness (QED) is 0.315. The van der Waals surface area contributed by atoms with E-state index in [4.69, 9.17) is 4.74 Å². The molecule has 1 heterocycles. The first-order valence-corrected chi connectivity index (χ1v) is 8.14. The maximum absolute atomic E-state index is 5.93. The lowest BCUT2D eigenvalue weighted by atomic mass is 9.71. The Morgan fingerprint density at radius 3 is 2.44 bits per heavy atom. The van der Waals surface area contributed by atoms with Crippen molar-refractivity contribution in [2.45, 2.75) is 84.3 Å². The highest BCUT2D eigenvalue weighted by molar-refractivity contribution is 5.26. The van der Waals surface area contributed by atoms with Crippen LogP contribution in [0.15, 0.2) is 11.6 Å². The van der Waals surface area contributed by atoms with Gasteiger partial charge in [0.05, 0.1) is 12.2 Å². The Balaban J connectivity index is 1.69. The summed E-state index contributed by atoms with van der Waals surface area (Å²) in [7, 11) is 0. The average molecular weight is 250 g/mol. The van der Waals surface area contributed by atoms with Gasteiger partial charge in [-0.05, 0) is 25.2 Å². The van der Waals surface area contributed by atoms with Crippen LogP contribution in [0.25, 0.3) is 0 Å². The first-order chi connectivity index (χ1) is 8.77. The monoisotopic (exact) mass is 250 g/mol. The standard InChI is InChI=1S/C17H30O/c1-4-6-8-10-14-12-13(3)16(14)17-15(18-17)11-9-7-5-2/h12-13,15-17H,4-11H2,1-3H3. The fraction of sp³-hybridized carbons (Fsp3) is 0.882. The van der Waals surface area contributed by atoms with Crippen LogP contribution in [0, 0.1) is 11.8 Å². The van der Waals surface area contributed by atoms with Crippen LogP contribution in [0.5, 0.6) is 0 Å². The predicted molar refractivity (Wildman–Crippen MR) is 77.7 cm³/mol. The summed E-state index contributed by atoms with van der Waals surface area (Å²) < 4.78 is 5.93. The molecule has 0 amide bonds. The van der Waals surface area contributed by atoms with E-state index in [0.717, 1.165) is 11.8 Å². The number of epoxide rings is 1. The largest absolute Gasteiger partial charge is 0.369 e. The van der Waals surface area contributed by atoms with E-state index in [1.807, 2.05) is 0 Å². The van der Waals surface area contributed by atoms with Gasteiger partial charge in [0.1, 0.15) is 0 Å². The Morgan fingerprint density at radius 2 is 1.78 bits per heavy atom. The second-order valence-electron chi connectivity index (χ2n) is 6.22. The van der Waals surface area contributed by atoms with E-state index in [-0.39, 0.29) is 0 Å². The lowest BCUT2D eigenvalue weighted by Gasteiger charge is -2.33. The summed E-state index contributed by atoms with van der Waals surface area (Å²) in [6, 6.07) is 0. The van der Waals surface area contributed by atoms with E-state index in [1.54, 1.807) is 5.57 Å². The lowest BCUT2D eigenvalue weighted by molar-refractivity contribution is 0.278. The van der Waals surface area contributed by atoms with Crippen LogP contribution in [-0.4, -0.2) is 12.2 Å². The van der Waals surface area contributed by atoms with E-state index < -0.39 is 0 Å². The van der Waals surface area contributed by atoms with Gasteiger partial charge >= 0.3 is 0 Å². The summed E-state index contributed by atoms with van der Waals surface area (Å²) >= 11 is 0. The third kappa shape index (κ3) is 3.38. The minimum atomic E-state index is 0.582. The van der Waals surface area contributed by atoms with Crippen LogP contribution in [0.4, 0.5) is 0 Å². The van der Waals surface area contributed by atoms with Crippen LogP contribution in [0.2, 0.25) is 0 Å². The van der Waals surface area contributed by atoms with Crippen LogP contribution in [0.3, 0.4) is 0 Å². The summed E-state index contributed by atoms with van der Waals surface area (Å²) in [6.45, 7) is 6.91. The Morgan fingerprint density at radius 1 is 1.06 bits per heavy atom. The zero-order valence-corrected chi connectivity index (χ0v) is 12.5. The summed E-state index contributed by atoms with van der Waals surface area (Å²) in [5.74, 6) is 1.54. The molecular formula is C17H30O. The van der Waals surface area contributed by atoms with Gasteiger partial charge in [0, 0.05) is 5.92 Å². The molecule has 0 spiro atoms. The molecule has 1 nitrogen and oxygen atoms in total. The fourth-order valence-electron chi connectivity index (χ4n) is 3.41. The molecular weight excluding hydrogens is 220 g/mol. The molecule has 1 fully saturated rings. The summed E-state index contributed by atoms with van der Waals surface area (Å²) in [5.41, 5.74) is 1.71. The third-order valence-corrected chi connectivity index (χ3v) is 4.61. The molecule has 4 unspecified atom stereocenters. The van der Waals surface area contributed by atoms with Crippen molar-refractivity contribution in [1.29, 1.82) is 0 Å². The highest BCUT2D eigenvalue weighted by Gasteiger charge is 2.49. The summed E-state index contributed by atoms with van der Waals surface area (Å²) in [4.78, 5) is 0. The lowest BCUT2D eigenvalue weighted by Crippen LogP contribution is -2.28. The van der Waals surface area contributed by atoms with E-state index >= 15 is 0 Å². The fourth-order valence-corrected chi connectivity index (χ4v) is 3.41. The molecule has 1 heteroatoms. The highest BCUT2D eigenvalue weighted by atomic mass is 16.6. The highest BCUT2D eigenvalue weighted by Crippen LogP contribution is 2.48. The zero-order chi connectivity index (χ0) is 13.0. The van der Waals surface area contributed by atoms with Crippen molar-refractivity contribution in [2.24, 2.45) is 11.8 Å². The number of unbranched alkanes of at least 4 members (excludes halogenated alkanes) is 4. The first kappa shape index (κ1) is 14.1. The summed E-state index contributed by atoms with van der Waals surface area (Å²) in [5, 5.41) is 0. The number of allylic oxidation sites excluding steroid dienone is 1. The maximum atomic E-state index is 5.93. The van der Waals surface area contributed by atoms with Crippen LogP contribution in [0.1, 0.15) is 72.1 Å². The van der Waals surface area contributed by atoms with E-state index in [9.17, 15) is 0 Å². The molecule has 0 bridgehead atoms. The van der Waals surface area contributed by atoms with Crippen molar-refractivity contribution >= 4 is 0 Å². The molecule has 1 aliphatic heterocycles. The molecule has 0 aromatic rings. The van der Waals surface area contributed by atoms with Gasteiger partial charge in [-0.15, -0.1) is 0 Å². The van der Waals surface area contributed by atoms with Crippen LogP contribution in [-0.2, 0) is 4.74 Å². The third-order valence-electron chi connectivity index (χ3n) is 4.61. The van der Waals surface area contributed by atoms with Crippen molar-refractivity contribution < 1.29 is 4.74 Å². The van der Waals surface area contributed by atoms with Gasteiger partial charge in [-0.3, -0.25) is 0 Å². The number of ether oxygens (including phenoxy) is 1. The molecule has 2 aliphatic rings. The zero-order valence-electron chi connectivity index (χ0n) is 12.5. The topological polar surface area (TPSA) is 12.5 Å². The SMILES string of the molecule is CCCCCC1=CC(C)C1C1OC1CCCCC. The van der Waals surface area contributed by atoms with Gasteiger partial charge < -0.3 is 4.74 Å². The first-order valence-electron chi connectivity index (χ1n) is 8.14. The molecule has 1 saturated heterocycles. The van der Waals surface area contributed by atoms with Gasteiger partial charge in [0.15, 0.2) is 0 Å². The van der Waals surface area contributed by atoms with Gasteiger partial charge in [-0.25, -0.2) is 0 Å². The van der Waals surface area contributed by atoms with Crippen molar-refractivity contribution in [1.82, 2.24) is 0 Å². The van der Waals surface area contributed by atoms with Gasteiger partial charge in [0.25, 0.3) is 0 Å². The number of rotatable bonds is 9. The number of hydrogen-bond donors (Lipinski definition) is 0. The molecule has 0 radical (unpaired) electrons. The van der Waals surface area contributed by atoms with Crippen molar-refractivity contribution in [3.63, 3.8) is 0 Å². The second kappa shape index (κ2) is 6.75. The van der Waals surface area contributed by atoms with Gasteiger partial charge in [0.2, 0.25) is 0 Å². The molecule has 0 aromatic carbocycles. The smallest absolute Gasteiger partial charge is 0.0912 e. The summed E-state index contributed by atoms with van der Waals surface area (Å²) in [6.07, 6.45) is 14.4. The Labute approximate surface area is 113 Å². The van der Waals surface area contributed by atoms with Crippen LogP contribution >= 0.6 is 0 Å². The van der Waals surface area contributed by atoms with E-state index in [1.165, 1.54) is 51.4 Å².